The molecule has 0 saturated carbocycles. The predicted octanol–water partition coefficient (Wildman–Crippen LogP) is 7.18. The summed E-state index contributed by atoms with van der Waals surface area (Å²) in [6, 6.07) is 30.5. The minimum absolute atomic E-state index is 0.120. The molecular formula is C32H28ClN3O3S. The van der Waals surface area contributed by atoms with Gasteiger partial charge in [0.1, 0.15) is 5.70 Å². The van der Waals surface area contributed by atoms with Gasteiger partial charge in [-0.05, 0) is 91.7 Å². The molecule has 0 bridgehead atoms. The van der Waals surface area contributed by atoms with Gasteiger partial charge in [0.25, 0.3) is 11.8 Å². The van der Waals surface area contributed by atoms with Crippen LogP contribution in [0.15, 0.2) is 114 Å². The van der Waals surface area contributed by atoms with Gasteiger partial charge in [0.05, 0.1) is 5.25 Å². The lowest BCUT2D eigenvalue weighted by atomic mass is 10.1. The Hall–Kier alpha value is -4.33. The van der Waals surface area contributed by atoms with E-state index in [9.17, 15) is 14.4 Å². The van der Waals surface area contributed by atoms with E-state index in [2.05, 4.69) is 16.0 Å². The van der Waals surface area contributed by atoms with Crippen LogP contribution in [0.4, 0.5) is 11.4 Å². The number of nitrogens with one attached hydrogen (secondary N) is 3. The van der Waals surface area contributed by atoms with Gasteiger partial charge in [-0.25, -0.2) is 0 Å². The molecule has 1 atom stereocenters. The van der Waals surface area contributed by atoms with E-state index >= 15 is 0 Å². The highest BCUT2D eigenvalue weighted by Gasteiger charge is 2.17. The van der Waals surface area contributed by atoms with Gasteiger partial charge in [0.15, 0.2) is 0 Å². The van der Waals surface area contributed by atoms with Crippen molar-refractivity contribution < 1.29 is 14.4 Å². The lowest BCUT2D eigenvalue weighted by molar-refractivity contribution is -0.115. The fourth-order valence-corrected chi connectivity index (χ4v) is 4.69. The summed E-state index contributed by atoms with van der Waals surface area (Å²) in [5.41, 5.74) is 3.58. The summed E-state index contributed by atoms with van der Waals surface area (Å²) in [7, 11) is 0. The zero-order chi connectivity index (χ0) is 28.5. The van der Waals surface area contributed by atoms with Crippen molar-refractivity contribution in [1.82, 2.24) is 5.32 Å². The monoisotopic (exact) mass is 569 g/mol. The molecule has 202 valence electrons. The first kappa shape index (κ1) is 28.7. The predicted molar refractivity (Wildman–Crippen MR) is 164 cm³/mol. The Labute approximate surface area is 242 Å². The molecule has 0 aliphatic carbocycles. The average Bonchev–Trinajstić information content (AvgIpc) is 2.96. The Morgan fingerprint density at radius 1 is 0.775 bits per heavy atom. The van der Waals surface area contributed by atoms with E-state index < -0.39 is 5.91 Å². The van der Waals surface area contributed by atoms with E-state index in [4.69, 9.17) is 11.6 Å². The summed E-state index contributed by atoms with van der Waals surface area (Å²) in [5.74, 6) is -0.971. The molecule has 4 aromatic rings. The van der Waals surface area contributed by atoms with Crippen LogP contribution in [-0.4, -0.2) is 23.0 Å². The summed E-state index contributed by atoms with van der Waals surface area (Å²) in [5, 5.41) is 8.74. The van der Waals surface area contributed by atoms with Crippen LogP contribution in [0.5, 0.6) is 0 Å². The fraction of sp³-hybridized carbons (Fsp3) is 0.0938. The van der Waals surface area contributed by atoms with Crippen molar-refractivity contribution in [3.63, 3.8) is 0 Å². The number of aryl methyl sites for hydroxylation is 1. The first-order chi connectivity index (χ1) is 19.3. The molecule has 0 spiro atoms. The van der Waals surface area contributed by atoms with Gasteiger partial charge in [0, 0.05) is 26.9 Å². The molecule has 8 heteroatoms. The molecule has 4 aromatic carbocycles. The van der Waals surface area contributed by atoms with E-state index in [0.717, 1.165) is 16.0 Å². The van der Waals surface area contributed by atoms with Gasteiger partial charge in [-0.2, -0.15) is 0 Å². The summed E-state index contributed by atoms with van der Waals surface area (Å²) < 4.78 is 0. The van der Waals surface area contributed by atoms with Gasteiger partial charge >= 0.3 is 0 Å². The Balaban J connectivity index is 1.43. The number of rotatable bonds is 9. The molecule has 3 N–H and O–H groups in total. The van der Waals surface area contributed by atoms with Crippen molar-refractivity contribution in [3.8, 4) is 0 Å². The van der Waals surface area contributed by atoms with E-state index in [1.54, 1.807) is 66.7 Å². The van der Waals surface area contributed by atoms with Crippen molar-refractivity contribution in [2.45, 2.75) is 24.0 Å². The van der Waals surface area contributed by atoms with Crippen LogP contribution < -0.4 is 16.0 Å². The molecule has 6 nitrogen and oxygen atoms in total. The summed E-state index contributed by atoms with van der Waals surface area (Å²) in [6.07, 6.45) is 1.66. The largest absolute Gasteiger partial charge is 0.325 e. The molecule has 0 aliphatic heterocycles. The highest BCUT2D eigenvalue weighted by atomic mass is 35.5. The molecule has 0 saturated heterocycles. The molecule has 0 aromatic heterocycles. The Bertz CT molecular complexity index is 1520. The second kappa shape index (κ2) is 13.6. The highest BCUT2D eigenvalue weighted by molar-refractivity contribution is 8.00. The summed E-state index contributed by atoms with van der Waals surface area (Å²) >= 11 is 7.30. The molecule has 0 heterocycles. The van der Waals surface area contributed by atoms with Crippen molar-refractivity contribution in [1.29, 1.82) is 0 Å². The number of thioether (sulfide) groups is 1. The maximum Gasteiger partial charge on any atom is 0.272 e. The summed E-state index contributed by atoms with van der Waals surface area (Å²) in [6.45, 7) is 3.76. The zero-order valence-electron chi connectivity index (χ0n) is 22.0. The molecular weight excluding hydrogens is 542 g/mol. The Morgan fingerprint density at radius 2 is 1.38 bits per heavy atom. The van der Waals surface area contributed by atoms with Crippen LogP contribution in [0, 0.1) is 6.92 Å². The topological polar surface area (TPSA) is 87.3 Å². The van der Waals surface area contributed by atoms with Crippen LogP contribution in [0.1, 0.15) is 28.4 Å². The molecule has 0 fully saturated rings. The number of carbonyl (C=O) groups excluding carboxylic acids is 3. The molecule has 0 radical (unpaired) electrons. The highest BCUT2D eigenvalue weighted by Crippen LogP contribution is 2.26. The van der Waals surface area contributed by atoms with Crippen molar-refractivity contribution in [2.75, 3.05) is 10.6 Å². The van der Waals surface area contributed by atoms with Crippen molar-refractivity contribution in [2.24, 2.45) is 0 Å². The number of amides is 3. The maximum absolute atomic E-state index is 13.3. The minimum atomic E-state index is -0.455. The van der Waals surface area contributed by atoms with E-state index in [-0.39, 0.29) is 22.8 Å². The van der Waals surface area contributed by atoms with Crippen molar-refractivity contribution >= 4 is 58.5 Å². The number of hydrogen-bond acceptors (Lipinski definition) is 4. The third kappa shape index (κ3) is 8.09. The number of anilines is 2. The normalized spacial score (nSPS) is 11.8. The van der Waals surface area contributed by atoms with Gasteiger partial charge in [-0.1, -0.05) is 54.1 Å². The fourth-order valence-electron chi connectivity index (χ4n) is 3.70. The minimum Gasteiger partial charge on any atom is -0.325 e. The van der Waals surface area contributed by atoms with Gasteiger partial charge in [-0.3, -0.25) is 14.4 Å². The molecule has 3 amide bonds. The standard InChI is InChI=1S/C32H28ClN3O3S/c1-21-8-6-7-11-24(21)20-29(36-31(38)23-9-4-3-5-10-23)32(39)35-27-16-18-28(19-17-27)40-22(2)30(37)34-26-14-12-25(33)13-15-26/h3-20,22H,1-2H3,(H,34,37)(H,35,39)(H,36,38)/b29-20-. The van der Waals surface area contributed by atoms with Crippen LogP contribution in [0.3, 0.4) is 0 Å². The quantitative estimate of drug-likeness (QED) is 0.147. The molecule has 1 unspecified atom stereocenters. The second-order valence-corrected chi connectivity index (χ2v) is 10.8. The van der Waals surface area contributed by atoms with E-state index in [1.807, 2.05) is 56.3 Å². The van der Waals surface area contributed by atoms with E-state index in [0.29, 0.717) is 22.0 Å². The van der Waals surface area contributed by atoms with Gasteiger partial charge < -0.3 is 16.0 Å². The first-order valence-corrected chi connectivity index (χ1v) is 13.8. The first-order valence-electron chi connectivity index (χ1n) is 12.6. The number of halogens is 1. The second-order valence-electron chi connectivity index (χ2n) is 8.97. The van der Waals surface area contributed by atoms with Crippen LogP contribution in [-0.2, 0) is 9.59 Å². The maximum atomic E-state index is 13.3. The van der Waals surface area contributed by atoms with Crippen LogP contribution >= 0.6 is 23.4 Å². The molecule has 4 rings (SSSR count). The summed E-state index contributed by atoms with van der Waals surface area (Å²) in [4.78, 5) is 39.6. The SMILES string of the molecule is Cc1ccccc1/C=C(\NC(=O)c1ccccc1)C(=O)Nc1ccc(SC(C)C(=O)Nc2ccc(Cl)cc2)cc1. The van der Waals surface area contributed by atoms with Gasteiger partial charge in [-0.15, -0.1) is 11.8 Å². The van der Waals surface area contributed by atoms with Gasteiger partial charge in [0.2, 0.25) is 5.91 Å². The lowest BCUT2D eigenvalue weighted by Crippen LogP contribution is -2.30. The number of carbonyl (C=O) groups is 3. The molecule has 0 aliphatic rings. The Morgan fingerprint density at radius 3 is 2.05 bits per heavy atom. The Kier molecular flexibility index (Phi) is 9.78. The number of hydrogen-bond donors (Lipinski definition) is 3. The van der Waals surface area contributed by atoms with E-state index in [1.165, 1.54) is 11.8 Å². The third-order valence-corrected chi connectivity index (χ3v) is 7.29. The molecule has 40 heavy (non-hydrogen) atoms. The average molecular weight is 570 g/mol. The lowest BCUT2D eigenvalue weighted by Gasteiger charge is -2.14. The van der Waals surface area contributed by atoms with Crippen LogP contribution in [0.2, 0.25) is 5.02 Å². The number of benzene rings is 4. The van der Waals surface area contributed by atoms with Crippen molar-refractivity contribution in [3.05, 3.63) is 131 Å². The van der Waals surface area contributed by atoms with Crippen LogP contribution in [0.25, 0.3) is 6.08 Å². The zero-order valence-corrected chi connectivity index (χ0v) is 23.6. The third-order valence-electron chi connectivity index (χ3n) is 5.92. The smallest absolute Gasteiger partial charge is 0.272 e.